The summed E-state index contributed by atoms with van der Waals surface area (Å²) in [7, 11) is 0. The van der Waals surface area contributed by atoms with Crippen LogP contribution in [0.5, 0.6) is 0 Å². The molecule has 0 heterocycles. The lowest BCUT2D eigenvalue weighted by Crippen LogP contribution is -1.87. The Balaban J connectivity index is 3.20. The van der Waals surface area contributed by atoms with Crippen molar-refractivity contribution in [3.63, 3.8) is 0 Å². The van der Waals surface area contributed by atoms with Crippen LogP contribution >= 0.6 is 0 Å². The average Bonchev–Trinajstić information content (AvgIpc) is 1.85. The molecule has 0 unspecified atom stereocenters. The van der Waals surface area contributed by atoms with Gasteiger partial charge in [-0.25, -0.2) is 4.39 Å². The van der Waals surface area contributed by atoms with Crippen LogP contribution in [0, 0.1) is 12.7 Å². The summed E-state index contributed by atoms with van der Waals surface area (Å²) in [6, 6.07) is 4.59. The molecule has 1 aromatic rings. The van der Waals surface area contributed by atoms with Crippen molar-refractivity contribution in [3.8, 4) is 0 Å². The molecule has 0 aliphatic heterocycles. The van der Waals surface area contributed by atoms with E-state index in [4.69, 9.17) is 5.11 Å². The third kappa shape index (κ3) is 1.58. The largest absolute Gasteiger partial charge is 0.508 e. The zero-order valence-electron chi connectivity index (χ0n) is 6.26. The number of hydrogen-bond donors (Lipinski definition) is 1. The Morgan fingerprint density at radius 1 is 1.55 bits per heavy atom. The fourth-order valence-corrected chi connectivity index (χ4v) is 0.854. The van der Waals surface area contributed by atoms with E-state index < -0.39 is 5.82 Å². The third-order valence-electron chi connectivity index (χ3n) is 1.44. The maximum atomic E-state index is 12.9. The first-order valence-electron chi connectivity index (χ1n) is 3.25. The lowest BCUT2D eigenvalue weighted by Gasteiger charge is -2.00. The van der Waals surface area contributed by atoms with Crippen molar-refractivity contribution in [1.82, 2.24) is 0 Å². The minimum absolute atomic E-state index is 0.163. The van der Waals surface area contributed by atoms with E-state index in [2.05, 4.69) is 6.58 Å². The van der Waals surface area contributed by atoms with Crippen molar-refractivity contribution in [2.24, 2.45) is 0 Å². The van der Waals surface area contributed by atoms with Crippen LogP contribution in [0.3, 0.4) is 0 Å². The lowest BCUT2D eigenvalue weighted by atomic mass is 10.1. The van der Waals surface area contributed by atoms with Crippen molar-refractivity contribution in [3.05, 3.63) is 41.7 Å². The first-order valence-corrected chi connectivity index (χ1v) is 3.25. The number of aryl methyl sites for hydroxylation is 1. The first-order chi connectivity index (χ1) is 5.11. The third-order valence-corrected chi connectivity index (χ3v) is 1.44. The van der Waals surface area contributed by atoms with Crippen molar-refractivity contribution < 1.29 is 9.50 Å². The molecule has 0 aromatic heterocycles. The first kappa shape index (κ1) is 7.79. The Bertz CT molecular complexity index is 292. The highest BCUT2D eigenvalue weighted by atomic mass is 19.1. The summed E-state index contributed by atoms with van der Waals surface area (Å²) in [5, 5.41) is 8.86. The Morgan fingerprint density at radius 3 is 2.64 bits per heavy atom. The zero-order valence-corrected chi connectivity index (χ0v) is 6.26. The average molecular weight is 152 g/mol. The van der Waals surface area contributed by atoms with E-state index in [0.29, 0.717) is 0 Å². The molecule has 1 N–H and O–H groups in total. The molecule has 0 fully saturated rings. The molecular formula is C9H9FO. The number of rotatable bonds is 1. The van der Waals surface area contributed by atoms with E-state index in [1.807, 2.05) is 0 Å². The van der Waals surface area contributed by atoms with Crippen LogP contribution < -0.4 is 0 Å². The maximum Gasteiger partial charge on any atom is 0.134 e. The Hall–Kier alpha value is -1.31. The molecule has 1 aromatic carbocycles. The molecular weight excluding hydrogens is 143 g/mol. The minimum Gasteiger partial charge on any atom is -0.508 e. The molecule has 0 aliphatic rings. The molecule has 0 amide bonds. The number of halogens is 1. The molecule has 0 spiro atoms. The lowest BCUT2D eigenvalue weighted by molar-refractivity contribution is 0.504. The molecule has 1 rings (SSSR count). The van der Waals surface area contributed by atoms with Crippen LogP contribution in [-0.4, -0.2) is 5.11 Å². The van der Waals surface area contributed by atoms with Gasteiger partial charge in [-0.05, 0) is 24.6 Å². The molecule has 1 nitrogen and oxygen atoms in total. The van der Waals surface area contributed by atoms with Crippen LogP contribution in [-0.2, 0) is 0 Å². The van der Waals surface area contributed by atoms with Crippen molar-refractivity contribution in [1.29, 1.82) is 0 Å². The van der Waals surface area contributed by atoms with Crippen molar-refractivity contribution in [2.75, 3.05) is 0 Å². The molecule has 2 heteroatoms. The van der Waals surface area contributed by atoms with Gasteiger partial charge in [-0.1, -0.05) is 12.6 Å². The standard InChI is InChI=1S/C9H9FO/c1-6-3-4-8(7(2)11)9(10)5-6/h3-5,11H,2H2,1H3. The molecule has 0 radical (unpaired) electrons. The Kier molecular flexibility index (Phi) is 1.94. The van der Waals surface area contributed by atoms with Crippen molar-refractivity contribution >= 4 is 5.76 Å². The Morgan fingerprint density at radius 2 is 2.18 bits per heavy atom. The van der Waals surface area contributed by atoms with Gasteiger partial charge in [0.1, 0.15) is 11.6 Å². The van der Waals surface area contributed by atoms with E-state index in [9.17, 15) is 4.39 Å². The number of aliphatic hydroxyl groups is 1. The summed E-state index contributed by atoms with van der Waals surface area (Å²) in [6.45, 7) is 5.02. The van der Waals surface area contributed by atoms with Gasteiger partial charge in [0.25, 0.3) is 0 Å². The van der Waals surface area contributed by atoms with E-state index in [1.165, 1.54) is 12.1 Å². The van der Waals surface area contributed by atoms with E-state index in [0.717, 1.165) is 5.56 Å². The van der Waals surface area contributed by atoms with E-state index >= 15 is 0 Å². The zero-order chi connectivity index (χ0) is 8.43. The predicted molar refractivity (Wildman–Crippen MR) is 42.8 cm³/mol. The minimum atomic E-state index is -0.433. The summed E-state index contributed by atoms with van der Waals surface area (Å²) < 4.78 is 12.9. The summed E-state index contributed by atoms with van der Waals surface area (Å²) in [5.41, 5.74) is 0.989. The fraction of sp³-hybridized carbons (Fsp3) is 0.111. The molecule has 11 heavy (non-hydrogen) atoms. The van der Waals surface area contributed by atoms with E-state index in [1.54, 1.807) is 13.0 Å². The van der Waals surface area contributed by atoms with Gasteiger partial charge in [-0.15, -0.1) is 0 Å². The van der Waals surface area contributed by atoms with Gasteiger partial charge in [0, 0.05) is 0 Å². The summed E-state index contributed by atoms with van der Waals surface area (Å²) >= 11 is 0. The van der Waals surface area contributed by atoms with Gasteiger partial charge in [-0.3, -0.25) is 0 Å². The van der Waals surface area contributed by atoms with Crippen LogP contribution in [0.4, 0.5) is 4.39 Å². The van der Waals surface area contributed by atoms with Crippen LogP contribution in [0.25, 0.3) is 5.76 Å². The highest BCUT2D eigenvalue weighted by molar-refractivity contribution is 5.56. The smallest absolute Gasteiger partial charge is 0.134 e. The van der Waals surface area contributed by atoms with Crippen LogP contribution in [0.1, 0.15) is 11.1 Å². The summed E-state index contributed by atoms with van der Waals surface area (Å²) in [5.74, 6) is -0.667. The van der Waals surface area contributed by atoms with Crippen LogP contribution in [0.2, 0.25) is 0 Å². The van der Waals surface area contributed by atoms with Crippen molar-refractivity contribution in [2.45, 2.75) is 6.92 Å². The van der Waals surface area contributed by atoms with E-state index in [-0.39, 0.29) is 11.3 Å². The van der Waals surface area contributed by atoms with Crippen LogP contribution in [0.15, 0.2) is 24.8 Å². The number of hydrogen-bond acceptors (Lipinski definition) is 1. The number of aliphatic hydroxyl groups excluding tert-OH is 1. The summed E-state index contributed by atoms with van der Waals surface area (Å²) in [4.78, 5) is 0. The Labute approximate surface area is 64.8 Å². The quantitative estimate of drug-likeness (QED) is 0.613. The second-order valence-corrected chi connectivity index (χ2v) is 2.43. The van der Waals surface area contributed by atoms with Gasteiger partial charge in [0.15, 0.2) is 0 Å². The highest BCUT2D eigenvalue weighted by Gasteiger charge is 2.03. The summed E-state index contributed by atoms with van der Waals surface area (Å²) in [6.07, 6.45) is 0. The van der Waals surface area contributed by atoms with Gasteiger partial charge >= 0.3 is 0 Å². The van der Waals surface area contributed by atoms with Gasteiger partial charge in [0.05, 0.1) is 5.56 Å². The fourth-order valence-electron chi connectivity index (χ4n) is 0.854. The molecule has 0 aliphatic carbocycles. The van der Waals surface area contributed by atoms with Gasteiger partial charge < -0.3 is 5.11 Å². The number of benzene rings is 1. The van der Waals surface area contributed by atoms with Gasteiger partial charge in [0.2, 0.25) is 0 Å². The monoisotopic (exact) mass is 152 g/mol. The molecule has 0 saturated carbocycles. The second kappa shape index (κ2) is 2.74. The molecule has 58 valence electrons. The van der Waals surface area contributed by atoms with Gasteiger partial charge in [-0.2, -0.15) is 0 Å². The maximum absolute atomic E-state index is 12.9. The normalized spacial score (nSPS) is 9.64. The molecule has 0 bridgehead atoms. The predicted octanol–water partition coefficient (Wildman–Crippen LogP) is 2.66. The SMILES string of the molecule is C=C(O)c1ccc(C)cc1F. The molecule has 0 atom stereocenters. The molecule has 0 saturated heterocycles. The topological polar surface area (TPSA) is 20.2 Å². The highest BCUT2D eigenvalue weighted by Crippen LogP contribution is 2.15. The second-order valence-electron chi connectivity index (χ2n) is 2.43.